The first-order valence-corrected chi connectivity index (χ1v) is 12.9. The largest absolute Gasteiger partial charge is 0.0845 e. The van der Waals surface area contributed by atoms with Crippen molar-refractivity contribution in [3.05, 3.63) is 82.1 Å². The first-order valence-electron chi connectivity index (χ1n) is 11.2. The van der Waals surface area contributed by atoms with Gasteiger partial charge in [0.05, 0.1) is 8.80 Å². The molecule has 29 heavy (non-hydrogen) atoms. The lowest BCUT2D eigenvalue weighted by Gasteiger charge is -2.21. The molecule has 0 spiro atoms. The van der Waals surface area contributed by atoms with Gasteiger partial charge in [-0.15, -0.1) is 0 Å². The Morgan fingerprint density at radius 2 is 1.34 bits per heavy atom. The van der Waals surface area contributed by atoms with Crippen molar-refractivity contribution in [1.29, 1.82) is 0 Å². The van der Waals surface area contributed by atoms with Crippen molar-refractivity contribution in [1.82, 2.24) is 0 Å². The van der Waals surface area contributed by atoms with Crippen LogP contribution in [0.3, 0.4) is 0 Å². The summed E-state index contributed by atoms with van der Waals surface area (Å²) in [7, 11) is -0.344. The number of hydrogen-bond donors (Lipinski definition) is 0. The van der Waals surface area contributed by atoms with Crippen LogP contribution in [0.2, 0.25) is 11.6 Å². The van der Waals surface area contributed by atoms with Crippen LogP contribution in [0.15, 0.2) is 59.8 Å². The maximum atomic E-state index is 2.51. The SMILES string of the molecule is CC(C)(C)c1ccc2c(c1)-c1cc(C(C)(C)C)ccc1C2C1C[Si]1C1=CC=CC1. The van der Waals surface area contributed by atoms with Crippen LogP contribution in [0.4, 0.5) is 0 Å². The van der Waals surface area contributed by atoms with Gasteiger partial charge in [-0.05, 0) is 56.2 Å². The summed E-state index contributed by atoms with van der Waals surface area (Å²) in [5.41, 5.74) is 10.3. The Labute approximate surface area is 178 Å². The smallest absolute Gasteiger partial charge is 0.0809 e. The Morgan fingerprint density at radius 3 is 1.79 bits per heavy atom. The molecule has 1 unspecified atom stereocenters. The van der Waals surface area contributed by atoms with E-state index in [9.17, 15) is 0 Å². The minimum atomic E-state index is -0.344. The van der Waals surface area contributed by atoms with Gasteiger partial charge in [0.15, 0.2) is 0 Å². The number of rotatable bonds is 2. The third kappa shape index (κ3) is 3.19. The van der Waals surface area contributed by atoms with Crippen LogP contribution < -0.4 is 0 Å². The highest BCUT2D eigenvalue weighted by atomic mass is 28.3. The second-order valence-electron chi connectivity index (χ2n) is 11.2. The van der Waals surface area contributed by atoms with Crippen molar-refractivity contribution in [2.45, 2.75) is 76.3 Å². The normalized spacial score (nSPS) is 21.3. The van der Waals surface area contributed by atoms with Gasteiger partial charge >= 0.3 is 0 Å². The maximum Gasteiger partial charge on any atom is 0.0845 e. The molecule has 1 atom stereocenters. The van der Waals surface area contributed by atoms with E-state index in [2.05, 4.69) is 96.2 Å². The van der Waals surface area contributed by atoms with Crippen molar-refractivity contribution in [2.24, 2.45) is 0 Å². The van der Waals surface area contributed by atoms with Gasteiger partial charge in [-0.2, -0.15) is 0 Å². The van der Waals surface area contributed by atoms with Gasteiger partial charge in [0.2, 0.25) is 0 Å². The molecular formula is C28H33Si. The van der Waals surface area contributed by atoms with Crippen LogP contribution in [-0.2, 0) is 10.8 Å². The van der Waals surface area contributed by atoms with E-state index in [0.717, 1.165) is 5.54 Å². The molecule has 0 bridgehead atoms. The van der Waals surface area contributed by atoms with Gasteiger partial charge in [-0.3, -0.25) is 0 Å². The quantitative estimate of drug-likeness (QED) is 0.455. The van der Waals surface area contributed by atoms with Gasteiger partial charge < -0.3 is 0 Å². The van der Waals surface area contributed by atoms with E-state index >= 15 is 0 Å². The predicted octanol–water partition coefficient (Wildman–Crippen LogP) is 7.70. The van der Waals surface area contributed by atoms with Crippen molar-refractivity contribution in [3.63, 3.8) is 0 Å². The topological polar surface area (TPSA) is 0 Å². The molecule has 1 heterocycles. The summed E-state index contributed by atoms with van der Waals surface area (Å²) in [6.07, 6.45) is 8.23. The van der Waals surface area contributed by atoms with Gasteiger partial charge in [0.25, 0.3) is 0 Å². The summed E-state index contributed by atoms with van der Waals surface area (Å²) < 4.78 is 0. The second kappa shape index (κ2) is 6.32. The van der Waals surface area contributed by atoms with E-state index in [-0.39, 0.29) is 19.6 Å². The Bertz CT molecular complexity index is 975. The number of benzene rings is 2. The molecule has 0 saturated carbocycles. The molecule has 1 aliphatic heterocycles. The zero-order chi connectivity index (χ0) is 20.6. The molecule has 149 valence electrons. The number of hydrogen-bond acceptors (Lipinski definition) is 0. The Kier molecular flexibility index (Phi) is 4.16. The minimum absolute atomic E-state index is 0.184. The Balaban J connectivity index is 1.62. The molecule has 2 aromatic rings. The van der Waals surface area contributed by atoms with Gasteiger partial charge in [0.1, 0.15) is 0 Å². The molecule has 5 rings (SSSR count). The molecule has 0 N–H and O–H groups in total. The zero-order valence-corrected chi connectivity index (χ0v) is 19.8. The summed E-state index contributed by atoms with van der Waals surface area (Å²) in [5, 5.41) is 1.76. The van der Waals surface area contributed by atoms with Crippen LogP contribution in [0.1, 0.15) is 76.1 Å². The molecule has 1 heteroatoms. The van der Waals surface area contributed by atoms with Gasteiger partial charge in [-0.25, -0.2) is 0 Å². The van der Waals surface area contributed by atoms with E-state index in [1.807, 2.05) is 0 Å². The van der Waals surface area contributed by atoms with Crippen molar-refractivity contribution in [2.75, 3.05) is 0 Å². The Hall–Kier alpha value is -1.86. The molecule has 3 aliphatic rings. The predicted molar refractivity (Wildman–Crippen MR) is 127 cm³/mol. The summed E-state index contributed by atoms with van der Waals surface area (Å²) >= 11 is 0. The molecule has 2 aromatic carbocycles. The molecule has 1 saturated heterocycles. The standard InChI is InChI=1S/C28H33Si/c1-27(2,3)18-11-13-21-23(15-18)24-16-19(28(4,5)6)12-14-22(24)26(21)25-17-29(25)20-9-7-8-10-20/h7-9,11-16,25-26H,10,17H2,1-6H3. The van der Waals surface area contributed by atoms with Crippen LogP contribution in [-0.4, -0.2) is 8.80 Å². The Morgan fingerprint density at radius 1 is 0.793 bits per heavy atom. The third-order valence-electron chi connectivity index (χ3n) is 7.11. The van der Waals surface area contributed by atoms with Crippen molar-refractivity contribution < 1.29 is 0 Å². The fourth-order valence-corrected chi connectivity index (χ4v) is 8.30. The van der Waals surface area contributed by atoms with Crippen molar-refractivity contribution >= 4 is 8.80 Å². The van der Waals surface area contributed by atoms with Crippen LogP contribution in [0, 0.1) is 0 Å². The average Bonchev–Trinajstić information content (AvgIpc) is 3.11. The molecule has 0 amide bonds. The van der Waals surface area contributed by atoms with Crippen LogP contribution in [0.5, 0.6) is 0 Å². The van der Waals surface area contributed by atoms with E-state index in [0.29, 0.717) is 5.92 Å². The van der Waals surface area contributed by atoms with Crippen LogP contribution >= 0.6 is 0 Å². The van der Waals surface area contributed by atoms with Crippen molar-refractivity contribution in [3.8, 4) is 11.1 Å². The highest BCUT2D eigenvalue weighted by Gasteiger charge is 2.50. The molecule has 2 aliphatic carbocycles. The van der Waals surface area contributed by atoms with E-state index in [1.165, 1.54) is 34.7 Å². The molecule has 1 radical (unpaired) electrons. The highest BCUT2D eigenvalue weighted by molar-refractivity contribution is 6.79. The first-order chi connectivity index (χ1) is 13.6. The van der Waals surface area contributed by atoms with E-state index in [4.69, 9.17) is 0 Å². The highest BCUT2D eigenvalue weighted by Crippen LogP contribution is 2.61. The van der Waals surface area contributed by atoms with E-state index < -0.39 is 0 Å². The van der Waals surface area contributed by atoms with E-state index in [1.54, 1.807) is 16.3 Å². The average molecular weight is 398 g/mol. The number of fused-ring (bicyclic) bond motifs is 3. The number of allylic oxidation sites excluding steroid dienone is 4. The fourth-order valence-electron chi connectivity index (χ4n) is 5.21. The molecular weight excluding hydrogens is 364 g/mol. The third-order valence-corrected chi connectivity index (χ3v) is 10.1. The lowest BCUT2D eigenvalue weighted by molar-refractivity contribution is 0.589. The fraction of sp³-hybridized carbons (Fsp3) is 0.429. The summed E-state index contributed by atoms with van der Waals surface area (Å²) in [6.45, 7) is 14.0. The lowest BCUT2D eigenvalue weighted by atomic mass is 9.83. The van der Waals surface area contributed by atoms with Gasteiger partial charge in [0, 0.05) is 5.92 Å². The summed E-state index contributed by atoms with van der Waals surface area (Å²) in [5.74, 6) is 0.610. The minimum Gasteiger partial charge on any atom is -0.0809 e. The van der Waals surface area contributed by atoms with Crippen LogP contribution in [0.25, 0.3) is 11.1 Å². The lowest BCUT2D eigenvalue weighted by Crippen LogP contribution is -2.11. The van der Waals surface area contributed by atoms with Gasteiger partial charge in [-0.1, -0.05) is 107 Å². The summed E-state index contributed by atoms with van der Waals surface area (Å²) in [6, 6.07) is 16.2. The maximum absolute atomic E-state index is 2.51. The zero-order valence-electron chi connectivity index (χ0n) is 18.8. The molecule has 0 aromatic heterocycles. The molecule has 0 nitrogen and oxygen atoms in total. The monoisotopic (exact) mass is 397 g/mol. The summed E-state index contributed by atoms with van der Waals surface area (Å²) in [4.78, 5) is 0. The first kappa shape index (κ1) is 19.1. The second-order valence-corrected chi connectivity index (χ2v) is 14.1. The molecule has 1 fully saturated rings.